The van der Waals surface area contributed by atoms with Crippen molar-refractivity contribution in [2.75, 3.05) is 0 Å². The van der Waals surface area contributed by atoms with Crippen molar-refractivity contribution in [2.24, 2.45) is 0 Å². The molecule has 1 N–H and O–H groups in total. The van der Waals surface area contributed by atoms with E-state index in [0.717, 1.165) is 24.8 Å². The van der Waals surface area contributed by atoms with E-state index in [2.05, 4.69) is 6.92 Å². The first kappa shape index (κ1) is 26.6. The molecule has 0 aliphatic carbocycles. The van der Waals surface area contributed by atoms with Gasteiger partial charge in [0.05, 0.1) is 4.90 Å². The Labute approximate surface area is 202 Å². The van der Waals surface area contributed by atoms with E-state index in [4.69, 9.17) is 4.55 Å². The first-order chi connectivity index (χ1) is 11.9. The van der Waals surface area contributed by atoms with Crippen molar-refractivity contribution in [3.8, 4) is 5.75 Å². The standard InChI is InChI=1S/C20H34O4S.K/c1-2-3-4-5-6-7-8-9-10-11-12-13-14-18-15-16-20(19(21)17-18)25(22,23)24;/h15-17,21H,2-14H2,1H3,(H,22,23,24);/q;+1/p-1. The molecule has 0 radical (unpaired) electrons. The van der Waals surface area contributed by atoms with E-state index in [9.17, 15) is 13.5 Å². The SMILES string of the molecule is CCCCCCCCCCCCCCc1ccc(S(=O)(=O)O)c([O-])c1.[K+]. The monoisotopic (exact) mass is 408 g/mol. The Balaban J connectivity index is 0.00000625. The molecule has 0 saturated carbocycles. The van der Waals surface area contributed by atoms with Crippen LogP contribution in [0.15, 0.2) is 23.1 Å². The van der Waals surface area contributed by atoms with E-state index >= 15 is 0 Å². The fraction of sp³-hybridized carbons (Fsp3) is 0.700. The van der Waals surface area contributed by atoms with Crippen LogP contribution in [0.1, 0.15) is 89.5 Å². The first-order valence-corrected chi connectivity index (χ1v) is 11.2. The zero-order chi connectivity index (χ0) is 18.5. The van der Waals surface area contributed by atoms with E-state index in [-0.39, 0.29) is 51.4 Å². The van der Waals surface area contributed by atoms with Gasteiger partial charge in [-0.25, -0.2) is 0 Å². The van der Waals surface area contributed by atoms with Crippen LogP contribution in [-0.2, 0) is 16.5 Å². The van der Waals surface area contributed by atoms with Gasteiger partial charge in [0, 0.05) is 0 Å². The van der Waals surface area contributed by atoms with E-state index in [1.807, 2.05) is 0 Å². The maximum Gasteiger partial charge on any atom is 1.00 e. The summed E-state index contributed by atoms with van der Waals surface area (Å²) in [5, 5.41) is 11.7. The fourth-order valence-electron chi connectivity index (χ4n) is 3.09. The second kappa shape index (κ2) is 15.5. The maximum absolute atomic E-state index is 11.7. The number of rotatable bonds is 14. The van der Waals surface area contributed by atoms with Gasteiger partial charge >= 0.3 is 51.4 Å². The number of aryl methyl sites for hydroxylation is 1. The first-order valence-electron chi connectivity index (χ1n) is 9.72. The van der Waals surface area contributed by atoms with E-state index in [1.165, 1.54) is 76.3 Å². The van der Waals surface area contributed by atoms with Gasteiger partial charge in [0.2, 0.25) is 0 Å². The second-order valence-electron chi connectivity index (χ2n) is 6.90. The quantitative estimate of drug-likeness (QED) is 0.291. The minimum Gasteiger partial charge on any atom is -0.872 e. The van der Waals surface area contributed by atoms with Crippen molar-refractivity contribution < 1.29 is 69.5 Å². The average Bonchev–Trinajstić information content (AvgIpc) is 2.54. The Kier molecular flexibility index (Phi) is 15.8. The van der Waals surface area contributed by atoms with Crippen LogP contribution in [0, 0.1) is 0 Å². The van der Waals surface area contributed by atoms with Crippen molar-refractivity contribution in [1.29, 1.82) is 0 Å². The molecule has 0 aliphatic heterocycles. The van der Waals surface area contributed by atoms with Gasteiger partial charge in [0.1, 0.15) is 0 Å². The average molecular weight is 409 g/mol. The van der Waals surface area contributed by atoms with E-state index in [0.29, 0.717) is 0 Å². The van der Waals surface area contributed by atoms with Crippen molar-refractivity contribution in [2.45, 2.75) is 95.3 Å². The van der Waals surface area contributed by atoms with Gasteiger partial charge in [0.15, 0.2) is 0 Å². The van der Waals surface area contributed by atoms with E-state index < -0.39 is 20.8 Å². The third-order valence-corrected chi connectivity index (χ3v) is 5.50. The number of benzene rings is 1. The molecule has 0 aliphatic rings. The Morgan fingerprint density at radius 3 is 1.73 bits per heavy atom. The Bertz CT molecular complexity index is 587. The second-order valence-corrected chi connectivity index (χ2v) is 8.29. The molecule has 1 aromatic rings. The minimum absolute atomic E-state index is 0. The molecular formula is C20H33KO4S. The van der Waals surface area contributed by atoms with Crippen LogP contribution in [0.5, 0.6) is 5.75 Å². The van der Waals surface area contributed by atoms with Crippen LogP contribution in [0.25, 0.3) is 0 Å². The summed E-state index contributed by atoms with van der Waals surface area (Å²) in [4.78, 5) is -0.536. The molecule has 0 amide bonds. The molecule has 6 heteroatoms. The molecule has 26 heavy (non-hydrogen) atoms. The van der Waals surface area contributed by atoms with Crippen LogP contribution in [0.4, 0.5) is 0 Å². The smallest absolute Gasteiger partial charge is 0.872 e. The zero-order valence-electron chi connectivity index (χ0n) is 16.5. The van der Waals surface area contributed by atoms with Crippen molar-refractivity contribution in [3.05, 3.63) is 23.8 Å². The summed E-state index contributed by atoms with van der Waals surface area (Å²) in [5.74, 6) is -0.626. The Morgan fingerprint density at radius 2 is 1.31 bits per heavy atom. The third kappa shape index (κ3) is 12.1. The normalized spacial score (nSPS) is 11.3. The molecule has 0 spiro atoms. The topological polar surface area (TPSA) is 77.4 Å². The van der Waals surface area contributed by atoms with Gasteiger partial charge in [-0.2, -0.15) is 8.42 Å². The summed E-state index contributed by atoms with van der Waals surface area (Å²) in [6.45, 7) is 2.24. The summed E-state index contributed by atoms with van der Waals surface area (Å²) in [7, 11) is -4.41. The van der Waals surface area contributed by atoms with Crippen molar-refractivity contribution >= 4 is 10.1 Å². The van der Waals surface area contributed by atoms with Gasteiger partial charge < -0.3 is 5.11 Å². The van der Waals surface area contributed by atoms with Gasteiger partial charge in [-0.15, -0.1) is 0 Å². The Morgan fingerprint density at radius 1 is 0.846 bits per heavy atom. The summed E-state index contributed by atoms with van der Waals surface area (Å²) in [6, 6.07) is 4.14. The molecule has 1 aromatic carbocycles. The van der Waals surface area contributed by atoms with Gasteiger partial charge in [-0.3, -0.25) is 4.55 Å². The van der Waals surface area contributed by atoms with Gasteiger partial charge in [0.25, 0.3) is 10.1 Å². The molecule has 0 aromatic heterocycles. The van der Waals surface area contributed by atoms with Crippen LogP contribution in [0.3, 0.4) is 0 Å². The van der Waals surface area contributed by atoms with Crippen LogP contribution in [-0.4, -0.2) is 13.0 Å². The molecule has 0 fully saturated rings. The predicted molar refractivity (Wildman–Crippen MR) is 100 cm³/mol. The maximum atomic E-state index is 11.7. The fourth-order valence-corrected chi connectivity index (χ4v) is 3.64. The van der Waals surface area contributed by atoms with Crippen molar-refractivity contribution in [1.82, 2.24) is 0 Å². The van der Waals surface area contributed by atoms with E-state index in [1.54, 1.807) is 6.07 Å². The summed E-state index contributed by atoms with van der Waals surface area (Å²) < 4.78 is 30.9. The van der Waals surface area contributed by atoms with Crippen molar-refractivity contribution in [3.63, 3.8) is 0 Å². The molecule has 144 valence electrons. The molecule has 0 unspecified atom stereocenters. The molecule has 0 atom stereocenters. The molecule has 1 rings (SSSR count). The van der Waals surface area contributed by atoms with Crippen LogP contribution in [0.2, 0.25) is 0 Å². The molecule has 0 bridgehead atoms. The number of hydrogen-bond acceptors (Lipinski definition) is 3. The summed E-state index contributed by atoms with van der Waals surface area (Å²) >= 11 is 0. The molecule has 0 heterocycles. The molecular weight excluding hydrogens is 375 g/mol. The van der Waals surface area contributed by atoms with Crippen LogP contribution < -0.4 is 56.5 Å². The largest absolute Gasteiger partial charge is 1.00 e. The van der Waals surface area contributed by atoms with Gasteiger partial charge in [-0.05, 0) is 24.5 Å². The molecule has 4 nitrogen and oxygen atoms in total. The minimum atomic E-state index is -4.41. The summed E-state index contributed by atoms with van der Waals surface area (Å²) in [6.07, 6.45) is 16.2. The van der Waals surface area contributed by atoms with Crippen LogP contribution >= 0.6 is 0 Å². The number of unbranched alkanes of at least 4 members (excludes halogenated alkanes) is 11. The predicted octanol–water partition coefficient (Wildman–Crippen LogP) is 2.25. The summed E-state index contributed by atoms with van der Waals surface area (Å²) in [5.41, 5.74) is 0.837. The third-order valence-electron chi connectivity index (χ3n) is 4.61. The molecule has 0 saturated heterocycles. The number of hydrogen-bond donors (Lipinski definition) is 1. The Hall–Kier alpha value is 0.566. The zero-order valence-corrected chi connectivity index (χ0v) is 20.4. The van der Waals surface area contributed by atoms with Gasteiger partial charge in [-0.1, -0.05) is 95.4 Å².